The summed E-state index contributed by atoms with van der Waals surface area (Å²) in [5.41, 5.74) is 13.8. The molecule has 256 valence electrons. The Balaban J connectivity index is 0.00000432. The summed E-state index contributed by atoms with van der Waals surface area (Å²) in [6, 6.07) is 32.9. The van der Waals surface area contributed by atoms with Crippen molar-refractivity contribution >= 4 is 21.8 Å². The molecule has 0 atom stereocenters. The average Bonchev–Trinajstić information content (AvgIpc) is 3.58. The van der Waals surface area contributed by atoms with Crippen LogP contribution >= 0.6 is 0 Å². The van der Waals surface area contributed by atoms with Gasteiger partial charge in [0.15, 0.2) is 0 Å². The van der Waals surface area contributed by atoms with Gasteiger partial charge in [-0.2, -0.15) is 11.2 Å². The molecule has 0 spiro atoms. The van der Waals surface area contributed by atoms with Crippen molar-refractivity contribution in [2.75, 3.05) is 0 Å². The maximum absolute atomic E-state index is 6.66. The molecular weight excluding hydrogens is 796 g/mol. The second kappa shape index (κ2) is 14.0. The molecule has 0 saturated heterocycles. The van der Waals surface area contributed by atoms with E-state index in [9.17, 15) is 0 Å². The van der Waals surface area contributed by atoms with Crippen molar-refractivity contribution in [2.45, 2.75) is 80.6 Å². The zero-order chi connectivity index (χ0) is 34.6. The van der Waals surface area contributed by atoms with E-state index >= 15 is 0 Å². The molecule has 7 rings (SSSR count). The van der Waals surface area contributed by atoms with Crippen LogP contribution in [-0.4, -0.2) is 19.3 Å². The molecule has 0 aliphatic carbocycles. The number of para-hydroxylation sites is 1. The quantitative estimate of drug-likeness (QED) is 0.143. The number of fused-ring (bicyclic) bond motifs is 3. The minimum Gasteiger partial charge on any atom is -0.509 e. The minimum atomic E-state index is 0. The fraction of sp³-hybridized carbons (Fsp3) is 0.273. The van der Waals surface area contributed by atoms with Crippen molar-refractivity contribution in [3.63, 3.8) is 0 Å². The van der Waals surface area contributed by atoms with Gasteiger partial charge in [0.1, 0.15) is 5.82 Å². The van der Waals surface area contributed by atoms with Crippen LogP contribution in [0.3, 0.4) is 0 Å². The summed E-state index contributed by atoms with van der Waals surface area (Å²) >= 11 is 0. The molecule has 0 radical (unpaired) electrons. The van der Waals surface area contributed by atoms with Gasteiger partial charge < -0.3 is 9.30 Å². The summed E-state index contributed by atoms with van der Waals surface area (Å²) in [7, 11) is 0. The Morgan fingerprint density at radius 2 is 1.50 bits per heavy atom. The van der Waals surface area contributed by atoms with Crippen molar-refractivity contribution < 1.29 is 25.8 Å². The number of pyridine rings is 1. The minimum absolute atomic E-state index is 0. The molecular formula is C44H44N4OPt. The standard InChI is InChI=1S/C44H44N4O.Pt/c1-10-32-17-18-45-41(21-32)47-39-14-12-11-13-37(39)38-16-15-35(25-40(38)47)49-36-23-33(26(2)3)22-34(24-36)48-44(27(4)5)43(31(9)46-48)42-29(7)19-28(6)20-30(42)8;/h11-23,26-27H,10H2,1-9H3;/q-2;+2. The second-order valence-electron chi connectivity index (χ2n) is 13.9. The van der Waals surface area contributed by atoms with Crippen LogP contribution in [0, 0.1) is 39.8 Å². The zero-order valence-electron chi connectivity index (χ0n) is 30.4. The van der Waals surface area contributed by atoms with Gasteiger partial charge in [-0.05, 0) is 97.5 Å². The predicted octanol–water partition coefficient (Wildman–Crippen LogP) is 11.5. The summed E-state index contributed by atoms with van der Waals surface area (Å²) in [5, 5.41) is 7.43. The van der Waals surface area contributed by atoms with Gasteiger partial charge in [-0.3, -0.25) is 4.68 Å². The molecule has 5 nitrogen and oxygen atoms in total. The third-order valence-corrected chi connectivity index (χ3v) is 9.54. The number of benzene rings is 4. The molecule has 0 unspecified atom stereocenters. The van der Waals surface area contributed by atoms with Crippen LogP contribution in [0.1, 0.15) is 85.7 Å². The molecule has 0 aliphatic heterocycles. The number of nitrogens with zero attached hydrogens (tertiary/aromatic N) is 4. The monoisotopic (exact) mass is 839 g/mol. The van der Waals surface area contributed by atoms with E-state index in [-0.39, 0.29) is 32.9 Å². The number of hydrogen-bond acceptors (Lipinski definition) is 3. The van der Waals surface area contributed by atoms with Gasteiger partial charge in [0.25, 0.3) is 0 Å². The summed E-state index contributed by atoms with van der Waals surface area (Å²) in [6.45, 7) is 19.8. The molecule has 0 fully saturated rings. The smallest absolute Gasteiger partial charge is 0.509 e. The third kappa shape index (κ3) is 6.33. The Kier molecular flexibility index (Phi) is 9.93. The number of aryl methyl sites for hydroxylation is 5. The Morgan fingerprint density at radius 1 is 0.760 bits per heavy atom. The summed E-state index contributed by atoms with van der Waals surface area (Å²) < 4.78 is 10.9. The van der Waals surface area contributed by atoms with Crippen LogP contribution in [0.4, 0.5) is 0 Å². The SMILES string of the molecule is CCc1ccnc(-n2c3[c-]c(Oc4[c-]c(-n5nc(C)c(-c6c(C)cc(C)cc6C)c5C(C)C)cc(C(C)C)c4)ccc3c3ccccc32)c1.[Pt+2]. The van der Waals surface area contributed by atoms with Crippen molar-refractivity contribution in [1.82, 2.24) is 19.3 Å². The van der Waals surface area contributed by atoms with Crippen molar-refractivity contribution in [3.05, 3.63) is 130 Å². The molecule has 6 heteroatoms. The van der Waals surface area contributed by atoms with Gasteiger partial charge in [0, 0.05) is 28.8 Å². The van der Waals surface area contributed by atoms with E-state index in [2.05, 4.69) is 150 Å². The average molecular weight is 840 g/mol. The van der Waals surface area contributed by atoms with Gasteiger partial charge in [-0.15, -0.1) is 41.3 Å². The van der Waals surface area contributed by atoms with Crippen LogP contribution < -0.4 is 4.74 Å². The molecule has 0 N–H and O–H groups in total. The van der Waals surface area contributed by atoms with Gasteiger partial charge >= 0.3 is 21.1 Å². The van der Waals surface area contributed by atoms with Crippen molar-refractivity contribution in [3.8, 4) is 34.1 Å². The van der Waals surface area contributed by atoms with E-state index in [1.807, 2.05) is 12.3 Å². The molecule has 3 aromatic heterocycles. The fourth-order valence-electron chi connectivity index (χ4n) is 7.29. The predicted molar refractivity (Wildman–Crippen MR) is 202 cm³/mol. The summed E-state index contributed by atoms with van der Waals surface area (Å²) in [6.07, 6.45) is 2.83. The second-order valence-corrected chi connectivity index (χ2v) is 13.9. The number of ether oxygens (including phenoxy) is 1. The fourth-order valence-corrected chi connectivity index (χ4v) is 7.29. The third-order valence-electron chi connectivity index (χ3n) is 9.54. The maximum atomic E-state index is 6.66. The molecule has 50 heavy (non-hydrogen) atoms. The zero-order valence-corrected chi connectivity index (χ0v) is 32.7. The summed E-state index contributed by atoms with van der Waals surface area (Å²) in [5.74, 6) is 2.65. The Morgan fingerprint density at radius 3 is 2.20 bits per heavy atom. The van der Waals surface area contributed by atoms with E-state index in [1.165, 1.54) is 39.1 Å². The Labute approximate surface area is 310 Å². The van der Waals surface area contributed by atoms with E-state index in [0.717, 1.165) is 51.0 Å². The van der Waals surface area contributed by atoms with Crippen LogP contribution in [0.15, 0.2) is 79.0 Å². The molecule has 0 aliphatic rings. The normalized spacial score (nSPS) is 11.6. The van der Waals surface area contributed by atoms with Crippen LogP contribution in [0.25, 0.3) is 44.4 Å². The number of rotatable bonds is 8. The Hall–Kier alpha value is -4.47. The van der Waals surface area contributed by atoms with Crippen LogP contribution in [-0.2, 0) is 27.5 Å². The molecule has 3 heterocycles. The van der Waals surface area contributed by atoms with Crippen molar-refractivity contribution in [2.24, 2.45) is 0 Å². The Bertz CT molecular complexity index is 2340. The summed E-state index contributed by atoms with van der Waals surface area (Å²) in [4.78, 5) is 4.77. The molecule has 0 saturated carbocycles. The van der Waals surface area contributed by atoms with Gasteiger partial charge in [-0.25, -0.2) is 4.98 Å². The molecule has 0 bridgehead atoms. The molecule has 4 aromatic carbocycles. The van der Waals surface area contributed by atoms with Gasteiger partial charge in [0.05, 0.1) is 11.4 Å². The van der Waals surface area contributed by atoms with Gasteiger partial charge in [-0.1, -0.05) is 76.0 Å². The van der Waals surface area contributed by atoms with Gasteiger partial charge in [0.2, 0.25) is 0 Å². The van der Waals surface area contributed by atoms with E-state index < -0.39 is 0 Å². The van der Waals surface area contributed by atoms with Crippen LogP contribution in [0.2, 0.25) is 0 Å². The first-order valence-electron chi connectivity index (χ1n) is 17.4. The number of hydrogen-bond donors (Lipinski definition) is 0. The number of aromatic nitrogens is 4. The first-order chi connectivity index (χ1) is 23.5. The van der Waals surface area contributed by atoms with Crippen LogP contribution in [0.5, 0.6) is 11.5 Å². The molecule has 7 aromatic rings. The largest absolute Gasteiger partial charge is 2.00 e. The maximum Gasteiger partial charge on any atom is 2.00 e. The van der Waals surface area contributed by atoms with Crippen molar-refractivity contribution in [1.29, 1.82) is 0 Å². The van der Waals surface area contributed by atoms with E-state index in [0.29, 0.717) is 11.5 Å². The van der Waals surface area contributed by atoms with E-state index in [1.54, 1.807) is 0 Å². The topological polar surface area (TPSA) is 44.9 Å². The molecule has 0 amide bonds. The first-order valence-corrected chi connectivity index (χ1v) is 17.4. The first kappa shape index (κ1) is 35.4. The van der Waals surface area contributed by atoms with E-state index in [4.69, 9.17) is 14.8 Å².